The Bertz CT molecular complexity index is 367. The van der Waals surface area contributed by atoms with Crippen molar-refractivity contribution in [2.24, 2.45) is 0 Å². The van der Waals surface area contributed by atoms with Crippen LogP contribution in [0.5, 0.6) is 5.75 Å². The molecule has 0 fully saturated rings. The summed E-state index contributed by atoms with van der Waals surface area (Å²) in [4.78, 5) is 10.8. The summed E-state index contributed by atoms with van der Waals surface area (Å²) >= 11 is 0. The fourth-order valence-corrected chi connectivity index (χ4v) is 1.43. The summed E-state index contributed by atoms with van der Waals surface area (Å²) in [6.45, 7) is 5.22. The average Bonchev–Trinajstić information content (AvgIpc) is 2.19. The lowest BCUT2D eigenvalue weighted by Gasteiger charge is -2.05. The van der Waals surface area contributed by atoms with Gasteiger partial charge in [-0.2, -0.15) is 0 Å². The number of hydrogen-bond acceptors (Lipinski definition) is 2. The number of benzene rings is 1. The maximum atomic E-state index is 10.8. The molecule has 0 saturated carbocycles. The molecule has 0 saturated heterocycles. The highest BCUT2D eigenvalue weighted by Crippen LogP contribution is 2.20. The first-order chi connectivity index (χ1) is 7.13. The van der Waals surface area contributed by atoms with Gasteiger partial charge in [0.2, 0.25) is 0 Å². The zero-order valence-electron chi connectivity index (χ0n) is 8.99. The smallest absolute Gasteiger partial charge is 0.130 e. The molecule has 0 amide bonds. The predicted molar refractivity (Wildman–Crippen MR) is 61.0 cm³/mol. The van der Waals surface area contributed by atoms with Gasteiger partial charge in [0.1, 0.15) is 11.5 Å². The number of phenols is 1. The normalized spacial score (nSPS) is 9.93. The van der Waals surface area contributed by atoms with Crippen molar-refractivity contribution in [1.82, 2.24) is 0 Å². The lowest BCUT2D eigenvalue weighted by Crippen LogP contribution is -1.95. The zero-order chi connectivity index (χ0) is 11.3. The van der Waals surface area contributed by atoms with Crippen molar-refractivity contribution in [2.45, 2.75) is 26.2 Å². The van der Waals surface area contributed by atoms with E-state index in [0.717, 1.165) is 17.5 Å². The molecule has 0 aliphatic rings. The van der Waals surface area contributed by atoms with Crippen molar-refractivity contribution in [2.75, 3.05) is 0 Å². The molecule has 0 unspecified atom stereocenters. The molecule has 15 heavy (non-hydrogen) atoms. The third-order valence-electron chi connectivity index (χ3n) is 2.27. The Labute approximate surface area is 90.3 Å². The molecule has 0 aliphatic carbocycles. The van der Waals surface area contributed by atoms with Crippen LogP contribution in [0.2, 0.25) is 0 Å². The summed E-state index contributed by atoms with van der Waals surface area (Å²) < 4.78 is 0. The number of hydrogen-bond donors (Lipinski definition) is 1. The van der Waals surface area contributed by atoms with Crippen LogP contribution in [0.25, 0.3) is 0 Å². The summed E-state index contributed by atoms with van der Waals surface area (Å²) in [5, 5.41) is 9.53. The molecule has 0 aliphatic heterocycles. The third-order valence-corrected chi connectivity index (χ3v) is 2.27. The Hall–Kier alpha value is -1.57. The summed E-state index contributed by atoms with van der Waals surface area (Å²) in [5.74, 6) is 0.481. The summed E-state index contributed by atoms with van der Waals surface area (Å²) in [5.41, 5.74) is 1.95. The minimum absolute atomic E-state index is 0.188. The van der Waals surface area contributed by atoms with Crippen molar-refractivity contribution in [3.8, 4) is 5.75 Å². The molecule has 0 aromatic heterocycles. The number of rotatable bonds is 5. The minimum Gasteiger partial charge on any atom is -0.508 e. The van der Waals surface area contributed by atoms with Crippen molar-refractivity contribution in [1.29, 1.82) is 0 Å². The molecule has 1 rings (SSSR count). The summed E-state index contributed by atoms with van der Waals surface area (Å²) in [6, 6.07) is 5.46. The van der Waals surface area contributed by atoms with Gasteiger partial charge in [-0.15, -0.1) is 6.58 Å². The molecular formula is C13H16O2. The van der Waals surface area contributed by atoms with E-state index in [-0.39, 0.29) is 5.78 Å². The van der Waals surface area contributed by atoms with Crippen molar-refractivity contribution in [3.05, 3.63) is 42.0 Å². The van der Waals surface area contributed by atoms with E-state index >= 15 is 0 Å². The fraction of sp³-hybridized carbons (Fsp3) is 0.308. The maximum absolute atomic E-state index is 10.8. The predicted octanol–water partition coefficient (Wildman–Crippen LogP) is 2.64. The molecule has 2 heteroatoms. The van der Waals surface area contributed by atoms with Gasteiger partial charge in [-0.3, -0.25) is 0 Å². The Morgan fingerprint density at radius 2 is 2.27 bits per heavy atom. The highest BCUT2D eigenvalue weighted by Gasteiger charge is 2.02. The molecule has 80 valence electrons. The third kappa shape index (κ3) is 3.58. The van der Waals surface area contributed by atoms with Crippen LogP contribution in [0.3, 0.4) is 0 Å². The number of Topliss-reactive ketones (excluding diaryl/α,β-unsaturated/α-hetero) is 1. The molecule has 0 bridgehead atoms. The number of carbonyl (C=O) groups is 1. The molecule has 0 radical (unpaired) electrons. The molecule has 2 nitrogen and oxygen atoms in total. The van der Waals surface area contributed by atoms with Crippen molar-refractivity contribution < 1.29 is 9.90 Å². The van der Waals surface area contributed by atoms with Gasteiger partial charge in [-0.1, -0.05) is 18.2 Å². The molecule has 1 aromatic carbocycles. The van der Waals surface area contributed by atoms with Gasteiger partial charge in [0.05, 0.1) is 0 Å². The summed E-state index contributed by atoms with van der Waals surface area (Å²) in [6.07, 6.45) is 3.70. The maximum Gasteiger partial charge on any atom is 0.130 e. The van der Waals surface area contributed by atoms with Gasteiger partial charge in [-0.25, -0.2) is 0 Å². The molecule has 0 atom stereocenters. The number of carbonyl (C=O) groups excluding carboxylic acids is 1. The van der Waals surface area contributed by atoms with Gasteiger partial charge in [-0.05, 0) is 37.0 Å². The number of allylic oxidation sites excluding steroid dienone is 1. The Balaban J connectivity index is 2.77. The van der Waals surface area contributed by atoms with E-state index in [1.165, 1.54) is 0 Å². The first-order valence-corrected chi connectivity index (χ1v) is 5.04. The van der Waals surface area contributed by atoms with E-state index in [1.807, 2.05) is 12.1 Å². The SMILES string of the molecule is C=CCc1cc(CCC(C)=O)ccc1O. The van der Waals surface area contributed by atoms with E-state index in [0.29, 0.717) is 18.6 Å². The number of aryl methyl sites for hydroxylation is 1. The molecule has 0 heterocycles. The Kier molecular flexibility index (Phi) is 4.10. The first kappa shape index (κ1) is 11.5. The second kappa shape index (κ2) is 5.35. The van der Waals surface area contributed by atoms with E-state index in [9.17, 15) is 9.90 Å². The van der Waals surface area contributed by atoms with Crippen LogP contribution < -0.4 is 0 Å². The summed E-state index contributed by atoms with van der Waals surface area (Å²) in [7, 11) is 0. The van der Waals surface area contributed by atoms with Crippen LogP contribution in [0.4, 0.5) is 0 Å². The monoisotopic (exact) mass is 204 g/mol. The molecular weight excluding hydrogens is 188 g/mol. The topological polar surface area (TPSA) is 37.3 Å². The van der Waals surface area contributed by atoms with Crippen LogP contribution >= 0.6 is 0 Å². The molecule has 1 aromatic rings. The van der Waals surface area contributed by atoms with Crippen LogP contribution in [0.15, 0.2) is 30.9 Å². The number of aromatic hydroxyl groups is 1. The lowest BCUT2D eigenvalue weighted by molar-refractivity contribution is -0.116. The Morgan fingerprint density at radius 1 is 1.53 bits per heavy atom. The number of phenolic OH excluding ortho intramolecular Hbond substituents is 1. The highest BCUT2D eigenvalue weighted by atomic mass is 16.3. The zero-order valence-corrected chi connectivity index (χ0v) is 8.99. The molecule has 1 N–H and O–H groups in total. The average molecular weight is 204 g/mol. The van der Waals surface area contributed by atoms with Crippen molar-refractivity contribution >= 4 is 5.78 Å². The van der Waals surface area contributed by atoms with Crippen LogP contribution in [-0.4, -0.2) is 10.9 Å². The van der Waals surface area contributed by atoms with Crippen molar-refractivity contribution in [3.63, 3.8) is 0 Å². The largest absolute Gasteiger partial charge is 0.508 e. The quantitative estimate of drug-likeness (QED) is 0.749. The van der Waals surface area contributed by atoms with E-state index in [2.05, 4.69) is 6.58 Å². The number of ketones is 1. The Morgan fingerprint density at radius 3 is 2.87 bits per heavy atom. The van der Waals surface area contributed by atoms with Crippen LogP contribution in [-0.2, 0) is 17.6 Å². The second-order valence-corrected chi connectivity index (χ2v) is 3.66. The van der Waals surface area contributed by atoms with Gasteiger partial charge in [0, 0.05) is 6.42 Å². The van der Waals surface area contributed by atoms with Gasteiger partial charge in [0.25, 0.3) is 0 Å². The molecule has 0 spiro atoms. The highest BCUT2D eigenvalue weighted by molar-refractivity contribution is 5.75. The fourth-order valence-electron chi connectivity index (χ4n) is 1.43. The van der Waals surface area contributed by atoms with E-state index < -0.39 is 0 Å². The lowest BCUT2D eigenvalue weighted by atomic mass is 10.0. The van der Waals surface area contributed by atoms with Gasteiger partial charge < -0.3 is 9.90 Å². The minimum atomic E-state index is 0.188. The first-order valence-electron chi connectivity index (χ1n) is 5.04. The van der Waals surface area contributed by atoms with Gasteiger partial charge in [0.15, 0.2) is 0 Å². The van der Waals surface area contributed by atoms with Crippen LogP contribution in [0.1, 0.15) is 24.5 Å². The standard InChI is InChI=1S/C13H16O2/c1-3-4-12-9-11(6-5-10(2)14)7-8-13(12)15/h3,7-9,15H,1,4-6H2,2H3. The second-order valence-electron chi connectivity index (χ2n) is 3.66. The van der Waals surface area contributed by atoms with Gasteiger partial charge >= 0.3 is 0 Å². The van der Waals surface area contributed by atoms with E-state index in [4.69, 9.17) is 0 Å². The van der Waals surface area contributed by atoms with E-state index in [1.54, 1.807) is 19.1 Å². The van der Waals surface area contributed by atoms with Crippen LogP contribution in [0, 0.1) is 0 Å².